The number of aryl methyl sites for hydroxylation is 2. The number of benzene rings is 2. The van der Waals surface area contributed by atoms with Crippen molar-refractivity contribution in [3.8, 4) is 11.4 Å². The number of hydrazine groups is 1. The van der Waals surface area contributed by atoms with E-state index in [-0.39, 0.29) is 18.1 Å². The smallest absolute Gasteiger partial charge is 0.271 e. The molecule has 7 nitrogen and oxygen atoms in total. The molecule has 168 valence electrons. The molecule has 0 aliphatic carbocycles. The second kappa shape index (κ2) is 9.52. The van der Waals surface area contributed by atoms with E-state index in [0.717, 1.165) is 22.6 Å². The minimum absolute atomic E-state index is 0.204. The highest BCUT2D eigenvalue weighted by atomic mass is 19.1. The van der Waals surface area contributed by atoms with Gasteiger partial charge in [-0.1, -0.05) is 18.2 Å². The van der Waals surface area contributed by atoms with Gasteiger partial charge < -0.3 is 4.57 Å². The summed E-state index contributed by atoms with van der Waals surface area (Å²) in [4.78, 5) is 24.9. The van der Waals surface area contributed by atoms with Crippen molar-refractivity contribution in [3.63, 3.8) is 0 Å². The maximum absolute atomic E-state index is 13.2. The molecule has 2 amide bonds. The van der Waals surface area contributed by atoms with Gasteiger partial charge >= 0.3 is 0 Å². The van der Waals surface area contributed by atoms with Gasteiger partial charge in [-0.25, -0.2) is 9.07 Å². The molecule has 33 heavy (non-hydrogen) atoms. The molecule has 2 aromatic carbocycles. The van der Waals surface area contributed by atoms with Crippen molar-refractivity contribution in [2.45, 2.75) is 26.7 Å². The van der Waals surface area contributed by atoms with Crippen molar-refractivity contribution >= 4 is 11.8 Å². The summed E-state index contributed by atoms with van der Waals surface area (Å²) in [6, 6.07) is 17.5. The van der Waals surface area contributed by atoms with E-state index in [4.69, 9.17) is 0 Å². The topological polar surface area (TPSA) is 81.0 Å². The predicted molar refractivity (Wildman–Crippen MR) is 123 cm³/mol. The predicted octanol–water partition coefficient (Wildman–Crippen LogP) is 3.81. The van der Waals surface area contributed by atoms with Crippen LogP contribution >= 0.6 is 0 Å². The van der Waals surface area contributed by atoms with Gasteiger partial charge in [-0.15, -0.1) is 0 Å². The molecule has 2 heterocycles. The molecule has 0 aliphatic heterocycles. The third-order valence-electron chi connectivity index (χ3n) is 5.37. The van der Waals surface area contributed by atoms with Crippen molar-refractivity contribution in [3.05, 3.63) is 101 Å². The molecule has 0 saturated heterocycles. The molecule has 0 fully saturated rings. The largest absolute Gasteiger partial charge is 0.318 e. The molecule has 0 spiro atoms. The molecule has 0 aliphatic rings. The lowest BCUT2D eigenvalue weighted by molar-refractivity contribution is -0.121. The van der Waals surface area contributed by atoms with Gasteiger partial charge in [-0.3, -0.25) is 20.4 Å². The van der Waals surface area contributed by atoms with Crippen LogP contribution in [0.5, 0.6) is 0 Å². The average molecular weight is 445 g/mol. The van der Waals surface area contributed by atoms with E-state index in [2.05, 4.69) is 16.0 Å². The Bertz CT molecular complexity index is 1280. The number of hydrogen-bond acceptors (Lipinski definition) is 3. The van der Waals surface area contributed by atoms with Gasteiger partial charge in [0.05, 0.1) is 17.4 Å². The van der Waals surface area contributed by atoms with Crippen molar-refractivity contribution in [1.82, 2.24) is 25.2 Å². The Morgan fingerprint density at radius 2 is 1.70 bits per heavy atom. The van der Waals surface area contributed by atoms with Gasteiger partial charge in [0.25, 0.3) is 5.91 Å². The number of carbonyl (C=O) groups excluding carboxylic acids is 2. The number of nitrogens with one attached hydrogen (secondary N) is 2. The van der Waals surface area contributed by atoms with Gasteiger partial charge in [0, 0.05) is 29.7 Å². The normalized spacial score (nSPS) is 10.8. The lowest BCUT2D eigenvalue weighted by Crippen LogP contribution is -2.41. The third-order valence-corrected chi connectivity index (χ3v) is 5.37. The Morgan fingerprint density at radius 3 is 2.42 bits per heavy atom. The van der Waals surface area contributed by atoms with Crippen LogP contribution in [0, 0.1) is 19.7 Å². The summed E-state index contributed by atoms with van der Waals surface area (Å²) in [5.41, 5.74) is 9.51. The van der Waals surface area contributed by atoms with Gasteiger partial charge in [0.2, 0.25) is 5.91 Å². The molecule has 2 aromatic heterocycles. The third kappa shape index (κ3) is 5.01. The number of para-hydroxylation sites is 1. The molecule has 4 aromatic rings. The molecule has 0 radical (unpaired) electrons. The quantitative estimate of drug-likeness (QED) is 0.443. The summed E-state index contributed by atoms with van der Waals surface area (Å²) in [6.45, 7) is 3.67. The van der Waals surface area contributed by atoms with E-state index in [1.54, 1.807) is 36.0 Å². The first-order chi connectivity index (χ1) is 15.9. The highest BCUT2D eigenvalue weighted by Crippen LogP contribution is 2.21. The number of carbonyl (C=O) groups is 2. The highest BCUT2D eigenvalue weighted by molar-refractivity contribution is 5.97. The minimum Gasteiger partial charge on any atom is -0.318 e. The van der Waals surface area contributed by atoms with Crippen LogP contribution < -0.4 is 10.9 Å². The van der Waals surface area contributed by atoms with E-state index < -0.39 is 5.91 Å². The van der Waals surface area contributed by atoms with Crippen LogP contribution in [0.25, 0.3) is 11.4 Å². The Morgan fingerprint density at radius 1 is 0.970 bits per heavy atom. The fourth-order valence-corrected chi connectivity index (χ4v) is 3.71. The monoisotopic (exact) mass is 445 g/mol. The number of halogens is 1. The van der Waals surface area contributed by atoms with Gasteiger partial charge in [-0.2, -0.15) is 5.10 Å². The van der Waals surface area contributed by atoms with Crippen LogP contribution in [0.15, 0.2) is 73.1 Å². The fourth-order valence-electron chi connectivity index (χ4n) is 3.71. The fraction of sp³-hybridized carbons (Fsp3) is 0.160. The Labute approximate surface area is 190 Å². The molecule has 2 N–H and O–H groups in total. The number of rotatable bonds is 6. The molecule has 0 bridgehead atoms. The first-order valence-corrected chi connectivity index (χ1v) is 10.6. The van der Waals surface area contributed by atoms with E-state index >= 15 is 0 Å². The SMILES string of the molecule is Cc1cc(C(=O)NNC(=O)CCc2cnn(-c3ccccc3)c2)c(C)n1-c1ccc(F)cc1. The lowest BCUT2D eigenvalue weighted by Gasteiger charge is -2.10. The summed E-state index contributed by atoms with van der Waals surface area (Å²) in [5, 5.41) is 4.32. The summed E-state index contributed by atoms with van der Waals surface area (Å²) in [5.74, 6) is -1.04. The first kappa shape index (κ1) is 22.0. The second-order valence-corrected chi connectivity index (χ2v) is 7.73. The van der Waals surface area contributed by atoms with Crippen LogP contribution in [0.1, 0.15) is 33.7 Å². The highest BCUT2D eigenvalue weighted by Gasteiger charge is 2.17. The Balaban J connectivity index is 1.33. The Hall–Kier alpha value is -4.20. The van der Waals surface area contributed by atoms with E-state index in [9.17, 15) is 14.0 Å². The molecular formula is C25H24FN5O2. The van der Waals surface area contributed by atoms with E-state index in [0.29, 0.717) is 17.7 Å². The molecule has 0 atom stereocenters. The zero-order chi connectivity index (χ0) is 23.4. The summed E-state index contributed by atoms with van der Waals surface area (Å²) >= 11 is 0. The van der Waals surface area contributed by atoms with Crippen molar-refractivity contribution in [1.29, 1.82) is 0 Å². The Kier molecular flexibility index (Phi) is 6.35. The lowest BCUT2D eigenvalue weighted by atomic mass is 10.2. The minimum atomic E-state index is -0.415. The van der Waals surface area contributed by atoms with Crippen molar-refractivity contribution < 1.29 is 14.0 Å². The maximum Gasteiger partial charge on any atom is 0.271 e. The van der Waals surface area contributed by atoms with Crippen molar-refractivity contribution in [2.24, 2.45) is 0 Å². The summed E-state index contributed by atoms with van der Waals surface area (Å²) in [7, 11) is 0. The summed E-state index contributed by atoms with van der Waals surface area (Å²) in [6.07, 6.45) is 4.30. The van der Waals surface area contributed by atoms with Crippen LogP contribution in [0.3, 0.4) is 0 Å². The zero-order valence-corrected chi connectivity index (χ0v) is 18.4. The number of aromatic nitrogens is 3. The molecule has 4 rings (SSSR count). The number of hydrogen-bond donors (Lipinski definition) is 2. The molecular weight excluding hydrogens is 421 g/mol. The number of nitrogens with zero attached hydrogens (tertiary/aromatic N) is 3. The molecule has 0 saturated carbocycles. The van der Waals surface area contributed by atoms with Crippen LogP contribution in [0.4, 0.5) is 4.39 Å². The van der Waals surface area contributed by atoms with Gasteiger partial charge in [0.15, 0.2) is 0 Å². The summed E-state index contributed by atoms with van der Waals surface area (Å²) < 4.78 is 16.9. The molecule has 0 unspecified atom stereocenters. The van der Waals surface area contributed by atoms with E-state index in [1.807, 2.05) is 48.0 Å². The number of amides is 2. The second-order valence-electron chi connectivity index (χ2n) is 7.73. The molecule has 8 heteroatoms. The van der Waals surface area contributed by atoms with Crippen LogP contribution in [-0.2, 0) is 11.2 Å². The van der Waals surface area contributed by atoms with Gasteiger partial charge in [0.1, 0.15) is 5.82 Å². The van der Waals surface area contributed by atoms with E-state index in [1.165, 1.54) is 12.1 Å². The van der Waals surface area contributed by atoms with Crippen molar-refractivity contribution in [2.75, 3.05) is 0 Å². The van der Waals surface area contributed by atoms with Gasteiger partial charge in [-0.05, 0) is 68.3 Å². The first-order valence-electron chi connectivity index (χ1n) is 10.6. The maximum atomic E-state index is 13.2. The average Bonchev–Trinajstić information content (AvgIpc) is 3.42. The standard InChI is InChI=1S/C25H24FN5O2/c1-17-14-23(18(2)31(17)22-11-9-20(26)10-12-22)25(33)29-28-24(32)13-8-19-15-27-30(16-19)21-6-4-3-5-7-21/h3-7,9-12,14-16H,8,13H2,1-2H3,(H,28,32)(H,29,33). The van der Waals surface area contributed by atoms with Crippen LogP contribution in [-0.4, -0.2) is 26.2 Å². The zero-order valence-electron chi connectivity index (χ0n) is 18.4. The van der Waals surface area contributed by atoms with Crippen LogP contribution in [0.2, 0.25) is 0 Å².